The third-order valence-corrected chi connectivity index (χ3v) is 6.51. The Labute approximate surface area is 186 Å². The van der Waals surface area contributed by atoms with Crippen molar-refractivity contribution in [3.8, 4) is 11.5 Å². The third kappa shape index (κ3) is 5.32. The number of hydrogen-bond acceptors (Lipinski definition) is 7. The van der Waals surface area contributed by atoms with Gasteiger partial charge in [-0.1, -0.05) is 12.1 Å². The lowest BCUT2D eigenvalue weighted by Crippen LogP contribution is -2.41. The molecule has 0 radical (unpaired) electrons. The Hall–Kier alpha value is -3.24. The van der Waals surface area contributed by atoms with Gasteiger partial charge in [-0.25, -0.2) is 13.6 Å². The SMILES string of the molecule is NS(=O)(=O)c1ccc(CCNC(=O)C2CCN(c3ccc(-c4ccco4)nn3)CC2)cc1. The van der Waals surface area contributed by atoms with Crippen LogP contribution in [0.1, 0.15) is 18.4 Å². The smallest absolute Gasteiger partial charge is 0.238 e. The molecule has 0 saturated carbocycles. The highest BCUT2D eigenvalue weighted by atomic mass is 32.2. The molecule has 32 heavy (non-hydrogen) atoms. The van der Waals surface area contributed by atoms with Crippen LogP contribution in [0.2, 0.25) is 0 Å². The molecule has 1 aromatic carbocycles. The predicted molar refractivity (Wildman–Crippen MR) is 119 cm³/mol. The van der Waals surface area contributed by atoms with E-state index in [1.807, 2.05) is 24.3 Å². The number of primary sulfonamides is 1. The zero-order valence-electron chi connectivity index (χ0n) is 17.5. The fourth-order valence-electron chi connectivity index (χ4n) is 3.74. The molecule has 3 aromatic rings. The van der Waals surface area contributed by atoms with E-state index in [9.17, 15) is 13.2 Å². The van der Waals surface area contributed by atoms with Crippen molar-refractivity contribution in [2.45, 2.75) is 24.2 Å². The van der Waals surface area contributed by atoms with Gasteiger partial charge in [0.15, 0.2) is 11.6 Å². The van der Waals surface area contributed by atoms with Crippen LogP contribution in [0.3, 0.4) is 0 Å². The highest BCUT2D eigenvalue weighted by molar-refractivity contribution is 7.89. The number of benzene rings is 1. The Morgan fingerprint density at radius 2 is 1.84 bits per heavy atom. The van der Waals surface area contributed by atoms with Gasteiger partial charge < -0.3 is 14.6 Å². The quantitative estimate of drug-likeness (QED) is 0.557. The summed E-state index contributed by atoms with van der Waals surface area (Å²) in [5.74, 6) is 1.48. The second kappa shape index (κ2) is 9.49. The molecule has 1 aliphatic rings. The van der Waals surface area contributed by atoms with Gasteiger partial charge in [-0.3, -0.25) is 4.79 Å². The summed E-state index contributed by atoms with van der Waals surface area (Å²) in [5, 5.41) is 16.6. The summed E-state index contributed by atoms with van der Waals surface area (Å²) in [6, 6.07) is 13.8. The number of nitrogens with zero attached hydrogens (tertiary/aromatic N) is 3. The van der Waals surface area contributed by atoms with Crippen molar-refractivity contribution in [1.82, 2.24) is 15.5 Å². The van der Waals surface area contributed by atoms with Crippen LogP contribution in [-0.4, -0.2) is 44.2 Å². The minimum Gasteiger partial charge on any atom is -0.463 e. The minimum absolute atomic E-state index is 0.0358. The van der Waals surface area contributed by atoms with Gasteiger partial charge in [-0.15, -0.1) is 10.2 Å². The van der Waals surface area contributed by atoms with E-state index >= 15 is 0 Å². The number of carbonyl (C=O) groups excluding carboxylic acids is 1. The van der Waals surface area contributed by atoms with E-state index < -0.39 is 10.0 Å². The number of anilines is 1. The van der Waals surface area contributed by atoms with Gasteiger partial charge in [0.1, 0.15) is 5.69 Å². The van der Waals surface area contributed by atoms with Crippen LogP contribution < -0.4 is 15.4 Å². The molecule has 1 fully saturated rings. The monoisotopic (exact) mass is 455 g/mol. The number of nitrogens with two attached hydrogens (primary N) is 1. The van der Waals surface area contributed by atoms with E-state index in [-0.39, 0.29) is 16.7 Å². The number of amides is 1. The van der Waals surface area contributed by atoms with Crippen LogP contribution in [0, 0.1) is 5.92 Å². The molecule has 9 nitrogen and oxygen atoms in total. The number of carbonyl (C=O) groups is 1. The second-order valence-corrected chi connectivity index (χ2v) is 9.31. The van der Waals surface area contributed by atoms with Gasteiger partial charge in [-0.2, -0.15) is 0 Å². The lowest BCUT2D eigenvalue weighted by atomic mass is 9.96. The number of aromatic nitrogens is 2. The molecule has 1 saturated heterocycles. The van der Waals surface area contributed by atoms with Gasteiger partial charge in [-0.05, 0) is 61.2 Å². The summed E-state index contributed by atoms with van der Waals surface area (Å²) in [4.78, 5) is 14.7. The molecule has 0 unspecified atom stereocenters. The van der Waals surface area contributed by atoms with Crippen molar-refractivity contribution in [3.63, 3.8) is 0 Å². The summed E-state index contributed by atoms with van der Waals surface area (Å²) in [7, 11) is -3.69. The van der Waals surface area contributed by atoms with Crippen LogP contribution in [-0.2, 0) is 21.2 Å². The Bertz CT molecular complexity index is 1140. The maximum atomic E-state index is 12.5. The van der Waals surface area contributed by atoms with E-state index in [2.05, 4.69) is 20.4 Å². The molecule has 1 amide bonds. The van der Waals surface area contributed by atoms with Crippen molar-refractivity contribution in [2.75, 3.05) is 24.5 Å². The van der Waals surface area contributed by atoms with E-state index in [0.29, 0.717) is 24.4 Å². The van der Waals surface area contributed by atoms with Gasteiger partial charge in [0.25, 0.3) is 0 Å². The molecule has 2 aromatic heterocycles. The molecule has 168 valence electrons. The summed E-state index contributed by atoms with van der Waals surface area (Å²) in [6.45, 7) is 1.97. The van der Waals surface area contributed by atoms with Crippen LogP contribution in [0.25, 0.3) is 11.5 Å². The first kappa shape index (κ1) is 22.0. The van der Waals surface area contributed by atoms with Crippen molar-refractivity contribution >= 4 is 21.7 Å². The highest BCUT2D eigenvalue weighted by Gasteiger charge is 2.25. The lowest BCUT2D eigenvalue weighted by Gasteiger charge is -2.31. The highest BCUT2D eigenvalue weighted by Crippen LogP contribution is 2.23. The lowest BCUT2D eigenvalue weighted by molar-refractivity contribution is -0.125. The molecule has 4 rings (SSSR count). The van der Waals surface area contributed by atoms with Crippen molar-refractivity contribution in [2.24, 2.45) is 11.1 Å². The van der Waals surface area contributed by atoms with Crippen LogP contribution in [0.5, 0.6) is 0 Å². The number of hydrogen-bond donors (Lipinski definition) is 2. The Morgan fingerprint density at radius 1 is 1.09 bits per heavy atom. The van der Waals surface area contributed by atoms with Gasteiger partial charge in [0.2, 0.25) is 15.9 Å². The molecule has 10 heteroatoms. The molecule has 0 atom stereocenters. The number of piperidine rings is 1. The molecule has 3 N–H and O–H groups in total. The second-order valence-electron chi connectivity index (χ2n) is 7.75. The van der Waals surface area contributed by atoms with E-state index in [0.717, 1.165) is 37.3 Å². The van der Waals surface area contributed by atoms with Crippen molar-refractivity contribution < 1.29 is 17.6 Å². The summed E-state index contributed by atoms with van der Waals surface area (Å²) >= 11 is 0. The Kier molecular flexibility index (Phi) is 6.52. The normalized spacial score (nSPS) is 15.0. The van der Waals surface area contributed by atoms with Crippen LogP contribution >= 0.6 is 0 Å². The van der Waals surface area contributed by atoms with E-state index in [1.54, 1.807) is 18.4 Å². The molecular formula is C22H25N5O4S. The Balaban J connectivity index is 1.22. The first-order valence-electron chi connectivity index (χ1n) is 10.4. The topological polar surface area (TPSA) is 131 Å². The third-order valence-electron chi connectivity index (χ3n) is 5.58. The number of furan rings is 1. The zero-order valence-corrected chi connectivity index (χ0v) is 18.3. The summed E-state index contributed by atoms with van der Waals surface area (Å²) in [5.41, 5.74) is 1.62. The summed E-state index contributed by atoms with van der Waals surface area (Å²) in [6.07, 6.45) is 3.71. The predicted octanol–water partition coefficient (Wildman–Crippen LogP) is 1.96. The van der Waals surface area contributed by atoms with Crippen molar-refractivity contribution in [1.29, 1.82) is 0 Å². The van der Waals surface area contributed by atoms with Gasteiger partial charge in [0, 0.05) is 25.6 Å². The maximum Gasteiger partial charge on any atom is 0.238 e. The zero-order chi connectivity index (χ0) is 22.6. The number of sulfonamides is 1. The van der Waals surface area contributed by atoms with Crippen molar-refractivity contribution in [3.05, 3.63) is 60.4 Å². The average Bonchev–Trinajstić information content (AvgIpc) is 3.34. The molecular weight excluding hydrogens is 430 g/mol. The van der Waals surface area contributed by atoms with Gasteiger partial charge >= 0.3 is 0 Å². The molecule has 1 aliphatic heterocycles. The average molecular weight is 456 g/mol. The van der Waals surface area contributed by atoms with Crippen LogP contribution in [0.4, 0.5) is 5.82 Å². The number of nitrogens with one attached hydrogen (secondary N) is 1. The molecule has 3 heterocycles. The first-order chi connectivity index (χ1) is 15.4. The first-order valence-corrected chi connectivity index (χ1v) is 12.0. The number of rotatable bonds is 7. The van der Waals surface area contributed by atoms with E-state index in [4.69, 9.17) is 9.56 Å². The molecule has 0 bridgehead atoms. The molecule has 0 spiro atoms. The molecule has 0 aliphatic carbocycles. The fourth-order valence-corrected chi connectivity index (χ4v) is 4.26. The largest absolute Gasteiger partial charge is 0.463 e. The maximum absolute atomic E-state index is 12.5. The Morgan fingerprint density at radius 3 is 2.44 bits per heavy atom. The van der Waals surface area contributed by atoms with Gasteiger partial charge in [0.05, 0.1) is 11.2 Å². The van der Waals surface area contributed by atoms with Crippen LogP contribution in [0.15, 0.2) is 64.1 Å². The minimum atomic E-state index is -3.69. The standard InChI is InChI=1S/C22H25N5O4S/c23-32(29,30)18-5-3-16(4-6-18)9-12-24-22(28)17-10-13-27(14-11-17)21-8-7-19(25-26-21)20-2-1-15-31-20/h1-8,15,17H,9-14H2,(H,24,28)(H2,23,29,30). The summed E-state index contributed by atoms with van der Waals surface area (Å²) < 4.78 is 27.9. The fraction of sp³-hybridized carbons (Fsp3) is 0.318. The van der Waals surface area contributed by atoms with E-state index in [1.165, 1.54) is 12.1 Å².